The number of nitrogens with one attached hydrogen (secondary N) is 2. The molecule has 0 spiro atoms. The number of rotatable bonds is 9. The molecule has 3 N–H and O–H groups in total. The van der Waals surface area contributed by atoms with Crippen molar-refractivity contribution in [3.63, 3.8) is 0 Å². The van der Waals surface area contributed by atoms with Crippen LogP contribution in [0, 0.1) is 10.1 Å². The molecule has 0 saturated carbocycles. The SMILES string of the molecule is O=C(O)CCC(=O)NC(Cc1ccccc1)C(=O)Nc1ccc([N+](=O)[O-])cc1. The van der Waals surface area contributed by atoms with Gasteiger partial charge in [-0.05, 0) is 17.7 Å². The Kier molecular flexibility index (Phi) is 7.21. The van der Waals surface area contributed by atoms with E-state index in [2.05, 4.69) is 10.6 Å². The van der Waals surface area contributed by atoms with Gasteiger partial charge in [0.25, 0.3) is 5.69 Å². The summed E-state index contributed by atoms with van der Waals surface area (Å²) in [5.41, 5.74) is 1.04. The first-order chi connectivity index (χ1) is 13.3. The minimum Gasteiger partial charge on any atom is -0.481 e. The standard InChI is InChI=1S/C19H19N3O6/c23-17(10-11-18(24)25)21-16(12-13-4-2-1-3-5-13)19(26)20-14-6-8-15(9-7-14)22(27)28/h1-9,16H,10-12H2,(H,20,26)(H,21,23)(H,24,25). The summed E-state index contributed by atoms with van der Waals surface area (Å²) < 4.78 is 0. The molecule has 0 aromatic heterocycles. The molecule has 9 nitrogen and oxygen atoms in total. The van der Waals surface area contributed by atoms with E-state index in [0.29, 0.717) is 5.69 Å². The molecule has 1 atom stereocenters. The highest BCUT2D eigenvalue weighted by molar-refractivity contribution is 5.97. The van der Waals surface area contributed by atoms with Gasteiger partial charge < -0.3 is 15.7 Å². The fourth-order valence-corrected chi connectivity index (χ4v) is 2.44. The Bertz CT molecular complexity index is 852. The smallest absolute Gasteiger partial charge is 0.303 e. The van der Waals surface area contributed by atoms with Gasteiger partial charge in [0, 0.05) is 30.7 Å². The Morgan fingerprint density at radius 1 is 1.00 bits per heavy atom. The maximum Gasteiger partial charge on any atom is 0.303 e. The first kappa shape index (κ1) is 20.6. The number of aliphatic carboxylic acids is 1. The molecule has 0 fully saturated rings. The van der Waals surface area contributed by atoms with Crippen molar-refractivity contribution in [2.75, 3.05) is 5.32 Å². The van der Waals surface area contributed by atoms with Crippen LogP contribution in [-0.4, -0.2) is 33.9 Å². The number of hydrogen-bond donors (Lipinski definition) is 3. The van der Waals surface area contributed by atoms with Crippen LogP contribution in [0.5, 0.6) is 0 Å². The highest BCUT2D eigenvalue weighted by Gasteiger charge is 2.22. The molecule has 28 heavy (non-hydrogen) atoms. The Balaban J connectivity index is 2.09. The van der Waals surface area contributed by atoms with Gasteiger partial charge in [-0.25, -0.2) is 0 Å². The fraction of sp³-hybridized carbons (Fsp3) is 0.211. The number of hydrogen-bond acceptors (Lipinski definition) is 5. The molecule has 1 unspecified atom stereocenters. The van der Waals surface area contributed by atoms with Crippen LogP contribution in [0.15, 0.2) is 54.6 Å². The van der Waals surface area contributed by atoms with Gasteiger partial charge >= 0.3 is 5.97 Å². The van der Waals surface area contributed by atoms with Gasteiger partial charge in [-0.3, -0.25) is 24.5 Å². The molecule has 2 amide bonds. The molecule has 2 rings (SSSR count). The van der Waals surface area contributed by atoms with E-state index in [0.717, 1.165) is 5.56 Å². The number of anilines is 1. The normalized spacial score (nSPS) is 11.3. The van der Waals surface area contributed by atoms with Crippen LogP contribution >= 0.6 is 0 Å². The second-order valence-electron chi connectivity index (χ2n) is 6.00. The fourth-order valence-electron chi connectivity index (χ4n) is 2.44. The van der Waals surface area contributed by atoms with Crippen LogP contribution in [-0.2, 0) is 20.8 Å². The first-order valence-electron chi connectivity index (χ1n) is 8.45. The van der Waals surface area contributed by atoms with E-state index in [1.54, 1.807) is 24.3 Å². The predicted octanol–water partition coefficient (Wildman–Crippen LogP) is 2.13. The summed E-state index contributed by atoms with van der Waals surface area (Å²) in [7, 11) is 0. The second-order valence-corrected chi connectivity index (χ2v) is 6.00. The summed E-state index contributed by atoms with van der Waals surface area (Å²) in [4.78, 5) is 45.4. The zero-order chi connectivity index (χ0) is 20.5. The average molecular weight is 385 g/mol. The monoisotopic (exact) mass is 385 g/mol. The van der Waals surface area contributed by atoms with Crippen LogP contribution in [0.2, 0.25) is 0 Å². The molecule has 0 bridgehead atoms. The highest BCUT2D eigenvalue weighted by Crippen LogP contribution is 2.16. The third-order valence-corrected chi connectivity index (χ3v) is 3.85. The number of non-ortho nitro benzene ring substituents is 1. The minimum atomic E-state index is -1.11. The Morgan fingerprint density at radius 3 is 2.21 bits per heavy atom. The molecule has 9 heteroatoms. The molecule has 0 saturated heterocycles. The highest BCUT2D eigenvalue weighted by atomic mass is 16.6. The van der Waals surface area contributed by atoms with E-state index in [1.807, 2.05) is 6.07 Å². The first-order valence-corrected chi connectivity index (χ1v) is 8.45. The molecule has 0 aliphatic carbocycles. The largest absolute Gasteiger partial charge is 0.481 e. The van der Waals surface area contributed by atoms with Crippen LogP contribution in [0.3, 0.4) is 0 Å². The van der Waals surface area contributed by atoms with E-state index in [4.69, 9.17) is 5.11 Å². The van der Waals surface area contributed by atoms with Crippen molar-refractivity contribution in [3.05, 3.63) is 70.3 Å². The Hall–Kier alpha value is -3.75. The topological polar surface area (TPSA) is 139 Å². The second kappa shape index (κ2) is 9.81. The summed E-state index contributed by atoms with van der Waals surface area (Å²) in [6.07, 6.45) is -0.377. The molecule has 0 radical (unpaired) electrons. The number of carboxylic acids is 1. The summed E-state index contributed by atoms with van der Waals surface area (Å²) in [5, 5.41) is 24.5. The third kappa shape index (κ3) is 6.52. The zero-order valence-electron chi connectivity index (χ0n) is 14.8. The summed E-state index contributed by atoms with van der Waals surface area (Å²) in [5.74, 6) is -2.17. The van der Waals surface area contributed by atoms with Gasteiger partial charge in [-0.15, -0.1) is 0 Å². The van der Waals surface area contributed by atoms with Gasteiger partial charge in [-0.2, -0.15) is 0 Å². The molecular weight excluding hydrogens is 366 g/mol. The maximum atomic E-state index is 12.6. The Morgan fingerprint density at radius 2 is 1.64 bits per heavy atom. The quantitative estimate of drug-likeness (QED) is 0.446. The molecule has 2 aromatic carbocycles. The van der Waals surface area contributed by atoms with Crippen molar-refractivity contribution in [2.24, 2.45) is 0 Å². The zero-order valence-corrected chi connectivity index (χ0v) is 14.8. The number of carboxylic acid groups (broad SMARTS) is 1. The lowest BCUT2D eigenvalue weighted by atomic mass is 10.0. The summed E-state index contributed by atoms with van der Waals surface area (Å²) in [6.45, 7) is 0. The average Bonchev–Trinajstić information content (AvgIpc) is 2.67. The van der Waals surface area contributed by atoms with Crippen molar-refractivity contribution < 1.29 is 24.4 Å². The van der Waals surface area contributed by atoms with E-state index in [9.17, 15) is 24.5 Å². The van der Waals surface area contributed by atoms with E-state index < -0.39 is 28.7 Å². The van der Waals surface area contributed by atoms with Crippen molar-refractivity contribution in [1.82, 2.24) is 5.32 Å². The van der Waals surface area contributed by atoms with Crippen molar-refractivity contribution in [2.45, 2.75) is 25.3 Å². The van der Waals surface area contributed by atoms with Gasteiger partial charge in [0.2, 0.25) is 11.8 Å². The molecule has 0 heterocycles. The lowest BCUT2D eigenvalue weighted by Gasteiger charge is -2.18. The number of carbonyl (C=O) groups is 3. The van der Waals surface area contributed by atoms with Crippen molar-refractivity contribution in [3.8, 4) is 0 Å². The van der Waals surface area contributed by atoms with Gasteiger partial charge in [0.05, 0.1) is 11.3 Å². The molecular formula is C19H19N3O6. The third-order valence-electron chi connectivity index (χ3n) is 3.85. The van der Waals surface area contributed by atoms with Gasteiger partial charge in [0.1, 0.15) is 6.04 Å². The number of benzene rings is 2. The van der Waals surface area contributed by atoms with Crippen LogP contribution < -0.4 is 10.6 Å². The predicted molar refractivity (Wildman–Crippen MR) is 101 cm³/mol. The van der Waals surface area contributed by atoms with E-state index in [-0.39, 0.29) is 24.9 Å². The Labute approximate surface area is 160 Å². The molecule has 146 valence electrons. The van der Waals surface area contributed by atoms with E-state index in [1.165, 1.54) is 24.3 Å². The molecule has 0 aliphatic rings. The van der Waals surface area contributed by atoms with Gasteiger partial charge in [-0.1, -0.05) is 30.3 Å². The number of nitro benzene ring substituents is 1. The molecule has 0 aliphatic heterocycles. The number of carbonyl (C=O) groups excluding carboxylic acids is 2. The minimum absolute atomic E-state index is 0.110. The number of amides is 2. The maximum absolute atomic E-state index is 12.6. The van der Waals surface area contributed by atoms with Crippen molar-refractivity contribution >= 4 is 29.2 Å². The molecule has 2 aromatic rings. The van der Waals surface area contributed by atoms with Crippen LogP contribution in [0.1, 0.15) is 18.4 Å². The van der Waals surface area contributed by atoms with Crippen LogP contribution in [0.25, 0.3) is 0 Å². The lowest BCUT2D eigenvalue weighted by molar-refractivity contribution is -0.384. The summed E-state index contributed by atoms with van der Waals surface area (Å²) in [6, 6.07) is 13.4. The summed E-state index contributed by atoms with van der Waals surface area (Å²) >= 11 is 0. The van der Waals surface area contributed by atoms with Gasteiger partial charge in [0.15, 0.2) is 0 Å². The lowest BCUT2D eigenvalue weighted by Crippen LogP contribution is -2.45. The van der Waals surface area contributed by atoms with Crippen LogP contribution in [0.4, 0.5) is 11.4 Å². The number of nitrogens with zero attached hydrogens (tertiary/aromatic N) is 1. The van der Waals surface area contributed by atoms with Crippen molar-refractivity contribution in [1.29, 1.82) is 0 Å². The van der Waals surface area contributed by atoms with E-state index >= 15 is 0 Å². The number of nitro groups is 1.